The molecule has 0 bridgehead atoms. The third-order valence-corrected chi connectivity index (χ3v) is 3.81. The first kappa shape index (κ1) is 10.9. The molecule has 2 heteroatoms. The molecular weight excluding hydrogens is 202 g/mol. The second-order valence-electron chi connectivity index (χ2n) is 4.29. The fourth-order valence-corrected chi connectivity index (χ4v) is 2.55. The van der Waals surface area contributed by atoms with Crippen LogP contribution in [0.3, 0.4) is 0 Å². The molecule has 0 aliphatic heterocycles. The molecule has 1 aromatic carbocycles. The van der Waals surface area contributed by atoms with Crippen LogP contribution in [0.4, 0.5) is 5.69 Å². The van der Waals surface area contributed by atoms with Gasteiger partial charge in [-0.25, -0.2) is 0 Å². The molecular formula is C13H19NS. The number of nitrogens with one attached hydrogen (secondary N) is 1. The maximum Gasteiger partial charge on any atom is 0.0375 e. The van der Waals surface area contributed by atoms with E-state index in [9.17, 15) is 0 Å². The zero-order valence-electron chi connectivity index (χ0n) is 9.55. The average molecular weight is 221 g/mol. The molecule has 0 aromatic heterocycles. The summed E-state index contributed by atoms with van der Waals surface area (Å²) in [5.74, 6) is 1.12. The standard InChI is InChI=1S/C13H19NS/c1-10-11(9-15-2)5-3-8-13(10)14-12-6-4-7-12/h3,5,8,12,14H,4,6-7,9H2,1-2H3. The molecule has 0 atom stereocenters. The van der Waals surface area contributed by atoms with Gasteiger partial charge >= 0.3 is 0 Å². The zero-order valence-corrected chi connectivity index (χ0v) is 10.4. The Hall–Kier alpha value is -0.630. The van der Waals surface area contributed by atoms with Crippen molar-refractivity contribution < 1.29 is 0 Å². The van der Waals surface area contributed by atoms with E-state index in [1.807, 2.05) is 11.8 Å². The highest BCUT2D eigenvalue weighted by Gasteiger charge is 2.17. The number of rotatable bonds is 4. The fourth-order valence-electron chi connectivity index (χ4n) is 1.92. The Balaban J connectivity index is 2.11. The number of anilines is 1. The molecule has 0 heterocycles. The molecule has 1 fully saturated rings. The van der Waals surface area contributed by atoms with Crippen molar-refractivity contribution in [2.45, 2.75) is 38.0 Å². The summed E-state index contributed by atoms with van der Waals surface area (Å²) < 4.78 is 0. The van der Waals surface area contributed by atoms with Gasteiger partial charge in [0.2, 0.25) is 0 Å². The van der Waals surface area contributed by atoms with Gasteiger partial charge in [-0.15, -0.1) is 0 Å². The Kier molecular flexibility index (Phi) is 3.57. The van der Waals surface area contributed by atoms with E-state index in [0.717, 1.165) is 11.8 Å². The van der Waals surface area contributed by atoms with Gasteiger partial charge in [-0.1, -0.05) is 12.1 Å². The monoisotopic (exact) mass is 221 g/mol. The van der Waals surface area contributed by atoms with Crippen LogP contribution in [0.5, 0.6) is 0 Å². The Bertz CT molecular complexity index is 331. The zero-order chi connectivity index (χ0) is 10.7. The quantitative estimate of drug-likeness (QED) is 0.829. The fraction of sp³-hybridized carbons (Fsp3) is 0.538. The van der Waals surface area contributed by atoms with Crippen molar-refractivity contribution in [3.05, 3.63) is 29.3 Å². The minimum absolute atomic E-state index is 0.730. The summed E-state index contributed by atoms with van der Waals surface area (Å²) in [6.45, 7) is 2.23. The number of benzene rings is 1. The van der Waals surface area contributed by atoms with Crippen LogP contribution in [-0.2, 0) is 5.75 Å². The molecule has 1 N–H and O–H groups in total. The van der Waals surface area contributed by atoms with E-state index in [1.54, 1.807) is 0 Å². The largest absolute Gasteiger partial charge is 0.382 e. The van der Waals surface area contributed by atoms with E-state index in [1.165, 1.54) is 36.1 Å². The van der Waals surface area contributed by atoms with Gasteiger partial charge in [0.1, 0.15) is 0 Å². The van der Waals surface area contributed by atoms with Gasteiger partial charge < -0.3 is 5.32 Å². The van der Waals surface area contributed by atoms with E-state index >= 15 is 0 Å². The van der Waals surface area contributed by atoms with Crippen molar-refractivity contribution in [3.8, 4) is 0 Å². The summed E-state index contributed by atoms with van der Waals surface area (Å²) in [5.41, 5.74) is 4.23. The lowest BCUT2D eigenvalue weighted by molar-refractivity contribution is 0.445. The minimum Gasteiger partial charge on any atom is -0.382 e. The van der Waals surface area contributed by atoms with Crippen LogP contribution in [0.1, 0.15) is 30.4 Å². The van der Waals surface area contributed by atoms with E-state index in [-0.39, 0.29) is 0 Å². The Morgan fingerprint density at radius 1 is 1.40 bits per heavy atom. The second-order valence-corrected chi connectivity index (χ2v) is 5.16. The highest BCUT2D eigenvalue weighted by atomic mass is 32.2. The lowest BCUT2D eigenvalue weighted by Gasteiger charge is -2.28. The summed E-state index contributed by atoms with van der Waals surface area (Å²) in [7, 11) is 0. The van der Waals surface area contributed by atoms with Crippen LogP contribution in [0, 0.1) is 6.92 Å². The van der Waals surface area contributed by atoms with Gasteiger partial charge in [-0.3, -0.25) is 0 Å². The number of hydrogen-bond acceptors (Lipinski definition) is 2. The first-order chi connectivity index (χ1) is 7.31. The molecule has 1 aliphatic carbocycles. The Morgan fingerprint density at radius 3 is 2.80 bits per heavy atom. The first-order valence-electron chi connectivity index (χ1n) is 5.65. The second kappa shape index (κ2) is 4.93. The normalized spacial score (nSPS) is 16.1. The van der Waals surface area contributed by atoms with Crippen molar-refractivity contribution in [3.63, 3.8) is 0 Å². The molecule has 1 saturated carbocycles. The first-order valence-corrected chi connectivity index (χ1v) is 7.04. The third-order valence-electron chi connectivity index (χ3n) is 3.21. The van der Waals surface area contributed by atoms with Crippen molar-refractivity contribution in [1.82, 2.24) is 0 Å². The molecule has 0 amide bonds. The number of thioether (sulfide) groups is 1. The lowest BCUT2D eigenvalue weighted by atomic mass is 9.92. The van der Waals surface area contributed by atoms with Gasteiger partial charge in [-0.05, 0) is 49.6 Å². The van der Waals surface area contributed by atoms with Crippen LogP contribution < -0.4 is 5.32 Å². The molecule has 1 nitrogen and oxygen atoms in total. The molecule has 1 aromatic rings. The predicted octanol–water partition coefficient (Wildman–Crippen LogP) is 3.82. The SMILES string of the molecule is CSCc1cccc(NC2CCC2)c1C. The van der Waals surface area contributed by atoms with Crippen LogP contribution in [0.25, 0.3) is 0 Å². The Morgan fingerprint density at radius 2 is 2.20 bits per heavy atom. The van der Waals surface area contributed by atoms with Crippen LogP contribution in [0.15, 0.2) is 18.2 Å². The molecule has 0 saturated heterocycles. The highest BCUT2D eigenvalue weighted by molar-refractivity contribution is 7.97. The van der Waals surface area contributed by atoms with Crippen molar-refractivity contribution in [1.29, 1.82) is 0 Å². The van der Waals surface area contributed by atoms with Crippen molar-refractivity contribution in [2.75, 3.05) is 11.6 Å². The predicted molar refractivity (Wildman–Crippen MR) is 69.7 cm³/mol. The van der Waals surface area contributed by atoms with Gasteiger partial charge in [0.25, 0.3) is 0 Å². The van der Waals surface area contributed by atoms with E-state index < -0.39 is 0 Å². The van der Waals surface area contributed by atoms with E-state index in [0.29, 0.717) is 0 Å². The maximum absolute atomic E-state index is 3.64. The van der Waals surface area contributed by atoms with E-state index in [4.69, 9.17) is 0 Å². The molecule has 0 spiro atoms. The summed E-state index contributed by atoms with van der Waals surface area (Å²) in [5, 5.41) is 3.64. The minimum atomic E-state index is 0.730. The smallest absolute Gasteiger partial charge is 0.0375 e. The van der Waals surface area contributed by atoms with Crippen LogP contribution in [-0.4, -0.2) is 12.3 Å². The highest BCUT2D eigenvalue weighted by Crippen LogP contribution is 2.27. The lowest BCUT2D eigenvalue weighted by Crippen LogP contribution is -2.27. The summed E-state index contributed by atoms with van der Waals surface area (Å²) >= 11 is 1.89. The van der Waals surface area contributed by atoms with Gasteiger partial charge in [-0.2, -0.15) is 11.8 Å². The van der Waals surface area contributed by atoms with Gasteiger partial charge in [0, 0.05) is 17.5 Å². The van der Waals surface area contributed by atoms with Crippen LogP contribution >= 0.6 is 11.8 Å². The summed E-state index contributed by atoms with van der Waals surface area (Å²) in [6.07, 6.45) is 6.23. The topological polar surface area (TPSA) is 12.0 Å². The van der Waals surface area contributed by atoms with E-state index in [2.05, 4.69) is 36.7 Å². The number of hydrogen-bond donors (Lipinski definition) is 1. The van der Waals surface area contributed by atoms with Gasteiger partial charge in [0.15, 0.2) is 0 Å². The Labute approximate surface area is 96.7 Å². The molecule has 1 aliphatic rings. The van der Waals surface area contributed by atoms with Crippen molar-refractivity contribution in [2.24, 2.45) is 0 Å². The average Bonchev–Trinajstić information content (AvgIpc) is 2.17. The maximum atomic E-state index is 3.64. The van der Waals surface area contributed by atoms with Crippen LogP contribution in [0.2, 0.25) is 0 Å². The molecule has 0 radical (unpaired) electrons. The molecule has 0 unspecified atom stereocenters. The summed E-state index contributed by atoms with van der Waals surface area (Å²) in [4.78, 5) is 0. The summed E-state index contributed by atoms with van der Waals surface area (Å²) in [6, 6.07) is 7.34. The van der Waals surface area contributed by atoms with Crippen molar-refractivity contribution >= 4 is 17.4 Å². The molecule has 15 heavy (non-hydrogen) atoms. The third kappa shape index (κ3) is 2.49. The van der Waals surface area contributed by atoms with Gasteiger partial charge in [0.05, 0.1) is 0 Å². The molecule has 82 valence electrons. The molecule has 2 rings (SSSR count).